The van der Waals surface area contributed by atoms with Crippen molar-refractivity contribution in [1.29, 1.82) is 0 Å². The van der Waals surface area contributed by atoms with Gasteiger partial charge in [0.25, 0.3) is 0 Å². The monoisotopic (exact) mass is 428 g/mol. The van der Waals surface area contributed by atoms with Gasteiger partial charge in [0.1, 0.15) is 0 Å². The number of esters is 1. The van der Waals surface area contributed by atoms with E-state index in [1.165, 1.54) is 41.3 Å². The quantitative estimate of drug-likeness (QED) is 0.425. The molecule has 0 atom stereocenters. The van der Waals surface area contributed by atoms with Crippen LogP contribution in [0.3, 0.4) is 0 Å². The van der Waals surface area contributed by atoms with Crippen molar-refractivity contribution >= 4 is 51.5 Å². The molecule has 2 aromatic carbocycles. The number of amides is 1. The minimum absolute atomic E-state index is 0.147. The summed E-state index contributed by atoms with van der Waals surface area (Å²) in [5.41, 5.74) is 4.09. The molecular formula is C20H20N4O3S2. The summed E-state index contributed by atoms with van der Waals surface area (Å²) in [6.07, 6.45) is 0. The Morgan fingerprint density at radius 1 is 1.10 bits per heavy atom. The maximum atomic E-state index is 12.3. The number of aromatic nitrogens is 2. The molecule has 1 heterocycles. The number of nitrogens with one attached hydrogen (secondary N) is 2. The van der Waals surface area contributed by atoms with Gasteiger partial charge in [-0.3, -0.25) is 4.79 Å². The topological polar surface area (TPSA) is 93.2 Å². The molecule has 3 aromatic rings. The second-order valence-corrected chi connectivity index (χ2v) is 8.37. The molecule has 0 spiro atoms. The van der Waals surface area contributed by atoms with Crippen molar-refractivity contribution in [3.05, 3.63) is 59.2 Å². The smallest absolute Gasteiger partial charge is 0.339 e. The molecule has 3 rings (SSSR count). The number of carbonyl (C=O) groups excluding carboxylic acids is 2. The van der Waals surface area contributed by atoms with Crippen LogP contribution in [0.15, 0.2) is 46.8 Å². The Hall–Kier alpha value is -2.91. The lowest BCUT2D eigenvalue weighted by Gasteiger charge is -2.08. The van der Waals surface area contributed by atoms with Gasteiger partial charge in [-0.05, 0) is 49.2 Å². The zero-order chi connectivity index (χ0) is 20.8. The zero-order valence-electron chi connectivity index (χ0n) is 16.2. The summed E-state index contributed by atoms with van der Waals surface area (Å²) in [5, 5.41) is 14.8. The predicted molar refractivity (Wildman–Crippen MR) is 116 cm³/mol. The Morgan fingerprint density at radius 2 is 1.90 bits per heavy atom. The van der Waals surface area contributed by atoms with E-state index in [9.17, 15) is 9.59 Å². The summed E-state index contributed by atoms with van der Waals surface area (Å²) >= 11 is 2.65. The normalized spacial score (nSPS) is 10.4. The number of ether oxygens (including phenoxy) is 1. The largest absolute Gasteiger partial charge is 0.465 e. The number of thioether (sulfide) groups is 1. The minimum Gasteiger partial charge on any atom is -0.465 e. The fourth-order valence-electron chi connectivity index (χ4n) is 2.45. The lowest BCUT2D eigenvalue weighted by molar-refractivity contribution is -0.113. The third-order valence-electron chi connectivity index (χ3n) is 4.10. The first-order valence-corrected chi connectivity index (χ1v) is 10.5. The van der Waals surface area contributed by atoms with Crippen LogP contribution in [0.2, 0.25) is 0 Å². The zero-order valence-corrected chi connectivity index (χ0v) is 17.8. The van der Waals surface area contributed by atoms with Crippen molar-refractivity contribution in [2.24, 2.45) is 0 Å². The standard InChI is InChI=1S/C20H20N4O3S2/c1-12-8-9-14(10-13(12)2)21-19-23-24-20(29-19)28-11-17(25)22-16-7-5-4-6-15(16)18(26)27-3/h4-10H,11H2,1-3H3,(H,21,23)(H,22,25). The molecule has 2 N–H and O–H groups in total. The van der Waals surface area contributed by atoms with Crippen LogP contribution in [0.5, 0.6) is 0 Å². The molecule has 0 saturated heterocycles. The second kappa shape index (κ2) is 9.53. The molecule has 29 heavy (non-hydrogen) atoms. The van der Waals surface area contributed by atoms with E-state index in [-0.39, 0.29) is 11.7 Å². The van der Waals surface area contributed by atoms with Gasteiger partial charge in [-0.2, -0.15) is 0 Å². The number of anilines is 3. The third-order valence-corrected chi connectivity index (χ3v) is 6.07. The van der Waals surface area contributed by atoms with Gasteiger partial charge < -0.3 is 15.4 Å². The molecule has 0 aliphatic heterocycles. The molecular weight excluding hydrogens is 408 g/mol. The fourth-order valence-corrected chi connectivity index (χ4v) is 4.03. The van der Waals surface area contributed by atoms with E-state index < -0.39 is 5.97 Å². The van der Waals surface area contributed by atoms with E-state index in [4.69, 9.17) is 4.74 Å². The summed E-state index contributed by atoms with van der Waals surface area (Å²) in [5.74, 6) is -0.599. The van der Waals surface area contributed by atoms with Crippen molar-refractivity contribution in [3.63, 3.8) is 0 Å². The highest BCUT2D eigenvalue weighted by Crippen LogP contribution is 2.28. The lowest BCUT2D eigenvalue weighted by atomic mass is 10.1. The highest BCUT2D eigenvalue weighted by atomic mass is 32.2. The average molecular weight is 429 g/mol. The molecule has 0 bridgehead atoms. The molecule has 150 valence electrons. The SMILES string of the molecule is COC(=O)c1ccccc1NC(=O)CSc1nnc(Nc2ccc(C)c(C)c2)s1. The van der Waals surface area contributed by atoms with E-state index in [2.05, 4.69) is 40.7 Å². The number of benzene rings is 2. The Labute approximate surface area is 176 Å². The van der Waals surface area contributed by atoms with Crippen LogP contribution in [0, 0.1) is 13.8 Å². The van der Waals surface area contributed by atoms with Gasteiger partial charge in [0.15, 0.2) is 4.34 Å². The van der Waals surface area contributed by atoms with E-state index >= 15 is 0 Å². The molecule has 0 aliphatic carbocycles. The molecule has 0 aliphatic rings. The first-order chi connectivity index (χ1) is 14.0. The summed E-state index contributed by atoms with van der Waals surface area (Å²) in [4.78, 5) is 24.1. The highest BCUT2D eigenvalue weighted by Gasteiger charge is 2.14. The number of carbonyl (C=O) groups is 2. The van der Waals surface area contributed by atoms with Crippen molar-refractivity contribution in [2.75, 3.05) is 23.5 Å². The molecule has 7 nitrogen and oxygen atoms in total. The second-order valence-electron chi connectivity index (χ2n) is 6.17. The van der Waals surface area contributed by atoms with E-state index in [0.717, 1.165) is 5.69 Å². The Bertz CT molecular complexity index is 1040. The van der Waals surface area contributed by atoms with E-state index in [0.29, 0.717) is 20.7 Å². The molecule has 0 fully saturated rings. The Kier molecular flexibility index (Phi) is 6.84. The van der Waals surface area contributed by atoms with Crippen LogP contribution >= 0.6 is 23.1 Å². The average Bonchev–Trinajstić information content (AvgIpc) is 3.16. The van der Waals surface area contributed by atoms with Crippen LogP contribution in [0.25, 0.3) is 0 Å². The summed E-state index contributed by atoms with van der Waals surface area (Å²) in [7, 11) is 1.30. The van der Waals surface area contributed by atoms with Crippen molar-refractivity contribution in [3.8, 4) is 0 Å². The predicted octanol–water partition coefficient (Wildman–Crippen LogP) is 4.42. The molecule has 1 amide bonds. The van der Waals surface area contributed by atoms with Gasteiger partial charge in [0.05, 0.1) is 24.1 Å². The summed E-state index contributed by atoms with van der Waals surface area (Å²) < 4.78 is 5.41. The molecule has 0 radical (unpaired) electrons. The first-order valence-electron chi connectivity index (χ1n) is 8.74. The van der Waals surface area contributed by atoms with Gasteiger partial charge in [0.2, 0.25) is 11.0 Å². The van der Waals surface area contributed by atoms with Crippen LogP contribution in [0.4, 0.5) is 16.5 Å². The van der Waals surface area contributed by atoms with E-state index in [1.54, 1.807) is 24.3 Å². The number of aryl methyl sites for hydroxylation is 2. The van der Waals surface area contributed by atoms with Crippen molar-refractivity contribution in [2.45, 2.75) is 18.2 Å². The number of hydrogen-bond acceptors (Lipinski definition) is 8. The van der Waals surface area contributed by atoms with Gasteiger partial charge in [-0.25, -0.2) is 4.79 Å². The first kappa shape index (κ1) is 20.8. The van der Waals surface area contributed by atoms with Gasteiger partial charge in [-0.1, -0.05) is 41.3 Å². The molecule has 1 aromatic heterocycles. The molecule has 0 saturated carbocycles. The molecule has 9 heteroatoms. The van der Waals surface area contributed by atoms with Crippen LogP contribution in [-0.4, -0.2) is 34.9 Å². The van der Waals surface area contributed by atoms with Crippen molar-refractivity contribution in [1.82, 2.24) is 10.2 Å². The minimum atomic E-state index is -0.500. The maximum Gasteiger partial charge on any atom is 0.339 e. The Balaban J connectivity index is 1.56. The highest BCUT2D eigenvalue weighted by molar-refractivity contribution is 8.01. The number of nitrogens with zero attached hydrogens (tertiary/aromatic N) is 2. The third kappa shape index (κ3) is 5.55. The number of para-hydroxylation sites is 1. The van der Waals surface area contributed by atoms with Gasteiger partial charge >= 0.3 is 5.97 Å². The molecule has 0 unspecified atom stereocenters. The summed E-state index contributed by atoms with van der Waals surface area (Å²) in [6.45, 7) is 4.12. The number of hydrogen-bond donors (Lipinski definition) is 2. The number of rotatable bonds is 7. The van der Waals surface area contributed by atoms with E-state index in [1.807, 2.05) is 12.1 Å². The number of methoxy groups -OCH3 is 1. The van der Waals surface area contributed by atoms with Crippen molar-refractivity contribution < 1.29 is 14.3 Å². The van der Waals surface area contributed by atoms with Crippen LogP contribution < -0.4 is 10.6 Å². The van der Waals surface area contributed by atoms with Gasteiger partial charge in [-0.15, -0.1) is 10.2 Å². The fraction of sp³-hybridized carbons (Fsp3) is 0.200. The summed E-state index contributed by atoms with van der Waals surface area (Å²) in [6, 6.07) is 12.8. The van der Waals surface area contributed by atoms with Gasteiger partial charge in [0, 0.05) is 5.69 Å². The lowest BCUT2D eigenvalue weighted by Crippen LogP contribution is -2.17. The van der Waals surface area contributed by atoms with Crippen LogP contribution in [-0.2, 0) is 9.53 Å². The maximum absolute atomic E-state index is 12.3. The Morgan fingerprint density at radius 3 is 2.66 bits per heavy atom. The van der Waals surface area contributed by atoms with Crippen LogP contribution in [0.1, 0.15) is 21.5 Å².